The largest absolute Gasteiger partial charge is 0.470 e. The second-order valence-corrected chi connectivity index (χ2v) is 5.30. The third-order valence-corrected chi connectivity index (χ3v) is 4.20. The molecule has 2 aromatic carbocycles. The quantitative estimate of drug-likeness (QED) is 0.633. The van der Waals surface area contributed by atoms with Gasteiger partial charge < -0.3 is 9.15 Å². The van der Waals surface area contributed by atoms with E-state index in [4.69, 9.17) is 9.15 Å². The van der Waals surface area contributed by atoms with Gasteiger partial charge in [0.2, 0.25) is 5.44 Å². The SMILES string of the molecule is c1coc(C2Oc3c(ccc4ccccc34)S2)c1. The van der Waals surface area contributed by atoms with Crippen molar-refractivity contribution in [2.45, 2.75) is 10.3 Å². The van der Waals surface area contributed by atoms with Gasteiger partial charge in [0.15, 0.2) is 5.76 Å². The molecule has 1 aliphatic rings. The lowest BCUT2D eigenvalue weighted by Crippen LogP contribution is -1.95. The Hall–Kier alpha value is -1.87. The smallest absolute Gasteiger partial charge is 0.206 e. The molecule has 2 nitrogen and oxygen atoms in total. The number of ether oxygens (including phenoxy) is 1. The van der Waals surface area contributed by atoms with E-state index in [1.165, 1.54) is 10.3 Å². The van der Waals surface area contributed by atoms with Gasteiger partial charge in [0.25, 0.3) is 0 Å². The number of hydrogen-bond donors (Lipinski definition) is 0. The van der Waals surface area contributed by atoms with Crippen LogP contribution in [0.2, 0.25) is 0 Å². The van der Waals surface area contributed by atoms with Crippen LogP contribution in [-0.4, -0.2) is 0 Å². The first kappa shape index (κ1) is 10.1. The minimum atomic E-state index is -0.0687. The molecule has 0 saturated carbocycles. The number of hydrogen-bond acceptors (Lipinski definition) is 3. The number of furan rings is 1. The number of fused-ring (bicyclic) bond motifs is 3. The maximum absolute atomic E-state index is 6.03. The molecule has 0 saturated heterocycles. The summed E-state index contributed by atoms with van der Waals surface area (Å²) in [6.07, 6.45) is 1.68. The molecule has 1 aromatic heterocycles. The summed E-state index contributed by atoms with van der Waals surface area (Å²) in [5, 5.41) is 2.37. The summed E-state index contributed by atoms with van der Waals surface area (Å²) in [7, 11) is 0. The van der Waals surface area contributed by atoms with Crippen molar-refractivity contribution in [3.05, 3.63) is 60.6 Å². The van der Waals surface area contributed by atoms with Crippen LogP contribution in [0, 0.1) is 0 Å². The van der Waals surface area contributed by atoms with Gasteiger partial charge in [-0.25, -0.2) is 0 Å². The van der Waals surface area contributed by atoms with E-state index in [-0.39, 0.29) is 5.44 Å². The van der Waals surface area contributed by atoms with E-state index in [0.717, 1.165) is 16.9 Å². The van der Waals surface area contributed by atoms with Crippen LogP contribution in [0.15, 0.2) is 64.1 Å². The average molecular weight is 254 g/mol. The first-order chi connectivity index (χ1) is 8.92. The Morgan fingerprint density at radius 1 is 0.944 bits per heavy atom. The summed E-state index contributed by atoms with van der Waals surface area (Å²) in [5.41, 5.74) is -0.0687. The molecule has 1 aliphatic heterocycles. The fourth-order valence-electron chi connectivity index (χ4n) is 2.23. The van der Waals surface area contributed by atoms with Crippen molar-refractivity contribution in [1.82, 2.24) is 0 Å². The molecule has 0 radical (unpaired) electrons. The van der Waals surface area contributed by atoms with Crippen molar-refractivity contribution in [2.24, 2.45) is 0 Å². The minimum absolute atomic E-state index is 0.0687. The van der Waals surface area contributed by atoms with E-state index in [0.29, 0.717) is 0 Å². The molecule has 1 atom stereocenters. The summed E-state index contributed by atoms with van der Waals surface area (Å²) < 4.78 is 11.4. The average Bonchev–Trinajstić information content (AvgIpc) is 3.07. The molecule has 88 valence electrons. The fourth-order valence-corrected chi connectivity index (χ4v) is 3.26. The summed E-state index contributed by atoms with van der Waals surface area (Å²) in [4.78, 5) is 1.18. The normalized spacial score (nSPS) is 17.7. The molecule has 3 aromatic rings. The highest BCUT2D eigenvalue weighted by Gasteiger charge is 2.28. The van der Waals surface area contributed by atoms with Gasteiger partial charge in [-0.2, -0.15) is 0 Å². The van der Waals surface area contributed by atoms with Gasteiger partial charge in [-0.15, -0.1) is 0 Å². The minimum Gasteiger partial charge on any atom is -0.470 e. The van der Waals surface area contributed by atoms with Gasteiger partial charge in [-0.05, 0) is 23.6 Å². The maximum Gasteiger partial charge on any atom is 0.206 e. The first-order valence-corrected chi connectivity index (χ1v) is 6.68. The van der Waals surface area contributed by atoms with E-state index in [1.54, 1.807) is 18.0 Å². The highest BCUT2D eigenvalue weighted by atomic mass is 32.2. The topological polar surface area (TPSA) is 22.4 Å². The van der Waals surface area contributed by atoms with Crippen LogP contribution in [0.1, 0.15) is 11.2 Å². The lowest BCUT2D eigenvalue weighted by molar-refractivity contribution is 0.269. The van der Waals surface area contributed by atoms with Crippen molar-refractivity contribution in [1.29, 1.82) is 0 Å². The third-order valence-electron chi connectivity index (χ3n) is 3.08. The van der Waals surface area contributed by atoms with Gasteiger partial charge in [0.1, 0.15) is 5.75 Å². The Kier molecular flexibility index (Phi) is 2.14. The Morgan fingerprint density at radius 3 is 2.78 bits per heavy atom. The molecular formula is C15H10O2S. The van der Waals surface area contributed by atoms with Gasteiger partial charge in [0, 0.05) is 5.39 Å². The Labute approximate surface area is 109 Å². The highest BCUT2D eigenvalue weighted by Crippen LogP contribution is 2.51. The predicted octanol–water partition coefficient (Wildman–Crippen LogP) is 4.62. The number of benzene rings is 2. The van der Waals surface area contributed by atoms with Crippen LogP contribution in [-0.2, 0) is 0 Å². The van der Waals surface area contributed by atoms with Crippen molar-refractivity contribution < 1.29 is 9.15 Å². The zero-order valence-electron chi connectivity index (χ0n) is 9.50. The molecule has 3 heteroatoms. The lowest BCUT2D eigenvalue weighted by atomic mass is 10.1. The number of rotatable bonds is 1. The standard InChI is InChI=1S/C15H10O2S/c1-2-5-11-10(4-1)7-8-13-14(11)17-15(18-13)12-6-3-9-16-12/h1-9,15H. The summed E-state index contributed by atoms with van der Waals surface area (Å²) in [5.74, 6) is 1.83. The molecular weight excluding hydrogens is 244 g/mol. The van der Waals surface area contributed by atoms with Crippen molar-refractivity contribution >= 4 is 22.5 Å². The summed E-state index contributed by atoms with van der Waals surface area (Å²) >= 11 is 1.69. The van der Waals surface area contributed by atoms with Gasteiger partial charge in [-0.1, -0.05) is 42.1 Å². The molecule has 1 unspecified atom stereocenters. The van der Waals surface area contributed by atoms with Gasteiger partial charge >= 0.3 is 0 Å². The van der Waals surface area contributed by atoms with Gasteiger partial charge in [-0.3, -0.25) is 0 Å². The molecule has 0 amide bonds. The van der Waals surface area contributed by atoms with Crippen LogP contribution in [0.3, 0.4) is 0 Å². The molecule has 4 rings (SSSR count). The van der Waals surface area contributed by atoms with E-state index in [2.05, 4.69) is 24.3 Å². The highest BCUT2D eigenvalue weighted by molar-refractivity contribution is 7.99. The molecule has 0 bridgehead atoms. The predicted molar refractivity (Wildman–Crippen MR) is 71.9 cm³/mol. The molecule has 2 heterocycles. The van der Waals surface area contributed by atoms with Crippen LogP contribution < -0.4 is 4.74 Å². The third kappa shape index (κ3) is 1.44. The van der Waals surface area contributed by atoms with E-state index in [9.17, 15) is 0 Å². The van der Waals surface area contributed by atoms with Crippen LogP contribution >= 0.6 is 11.8 Å². The molecule has 0 N–H and O–H groups in total. The Morgan fingerprint density at radius 2 is 1.89 bits per heavy atom. The van der Waals surface area contributed by atoms with E-state index < -0.39 is 0 Å². The summed E-state index contributed by atoms with van der Waals surface area (Å²) in [6, 6.07) is 16.4. The van der Waals surface area contributed by atoms with Crippen LogP contribution in [0.5, 0.6) is 5.75 Å². The Bertz CT molecular complexity index is 704. The Balaban J connectivity index is 1.83. The molecule has 0 fully saturated rings. The lowest BCUT2D eigenvalue weighted by Gasteiger charge is -2.07. The second-order valence-electron chi connectivity index (χ2n) is 4.20. The summed E-state index contributed by atoms with van der Waals surface area (Å²) in [6.45, 7) is 0. The fraction of sp³-hybridized carbons (Fsp3) is 0.0667. The molecule has 0 spiro atoms. The number of thioether (sulfide) groups is 1. The van der Waals surface area contributed by atoms with Gasteiger partial charge in [0.05, 0.1) is 11.2 Å². The first-order valence-electron chi connectivity index (χ1n) is 5.80. The van der Waals surface area contributed by atoms with Crippen molar-refractivity contribution in [2.75, 3.05) is 0 Å². The second kappa shape index (κ2) is 3.82. The van der Waals surface area contributed by atoms with E-state index in [1.807, 2.05) is 24.3 Å². The maximum atomic E-state index is 6.03. The monoisotopic (exact) mass is 254 g/mol. The van der Waals surface area contributed by atoms with Crippen LogP contribution in [0.4, 0.5) is 0 Å². The zero-order chi connectivity index (χ0) is 11.9. The van der Waals surface area contributed by atoms with Crippen molar-refractivity contribution in [3.63, 3.8) is 0 Å². The molecule has 18 heavy (non-hydrogen) atoms. The van der Waals surface area contributed by atoms with Crippen molar-refractivity contribution in [3.8, 4) is 5.75 Å². The van der Waals surface area contributed by atoms with E-state index >= 15 is 0 Å². The van der Waals surface area contributed by atoms with Crippen LogP contribution in [0.25, 0.3) is 10.8 Å². The molecule has 0 aliphatic carbocycles. The zero-order valence-corrected chi connectivity index (χ0v) is 10.3.